The number of para-hydroxylation sites is 1. The zero-order valence-electron chi connectivity index (χ0n) is 14.0. The molecule has 1 saturated heterocycles. The average molecular weight is 302 g/mol. The molecule has 1 aromatic carbocycles. The molecule has 1 heterocycles. The first kappa shape index (κ1) is 16.5. The van der Waals surface area contributed by atoms with Crippen LogP contribution in [0.4, 0.5) is 5.69 Å². The van der Waals surface area contributed by atoms with Gasteiger partial charge in [0.25, 0.3) is 0 Å². The van der Waals surface area contributed by atoms with E-state index in [0.717, 1.165) is 31.6 Å². The van der Waals surface area contributed by atoms with Crippen LogP contribution in [0.25, 0.3) is 0 Å². The SMILES string of the molecule is CC1CCCN(C(=O)C(C)(C)C(=O)N(C)c2ccccc2)C1. The largest absolute Gasteiger partial charge is 0.342 e. The smallest absolute Gasteiger partial charge is 0.241 e. The molecule has 1 atom stereocenters. The molecule has 1 aliphatic rings. The molecule has 4 heteroatoms. The van der Waals surface area contributed by atoms with Crippen LogP contribution in [-0.4, -0.2) is 36.9 Å². The Hall–Kier alpha value is -1.84. The maximum Gasteiger partial charge on any atom is 0.241 e. The summed E-state index contributed by atoms with van der Waals surface area (Å²) in [5, 5.41) is 0. The maximum absolute atomic E-state index is 12.8. The molecule has 1 aliphatic heterocycles. The fourth-order valence-corrected chi connectivity index (χ4v) is 3.05. The molecule has 0 aliphatic carbocycles. The molecule has 0 spiro atoms. The molecular formula is C18H26N2O2. The summed E-state index contributed by atoms with van der Waals surface area (Å²) in [7, 11) is 1.73. The monoisotopic (exact) mass is 302 g/mol. The van der Waals surface area contributed by atoms with Crippen molar-refractivity contribution in [1.82, 2.24) is 4.90 Å². The summed E-state index contributed by atoms with van der Waals surface area (Å²) < 4.78 is 0. The molecule has 4 nitrogen and oxygen atoms in total. The van der Waals surface area contributed by atoms with E-state index in [-0.39, 0.29) is 11.8 Å². The Morgan fingerprint density at radius 3 is 2.45 bits per heavy atom. The highest BCUT2D eigenvalue weighted by molar-refractivity contribution is 6.10. The van der Waals surface area contributed by atoms with Crippen molar-refractivity contribution >= 4 is 17.5 Å². The lowest BCUT2D eigenvalue weighted by molar-refractivity contribution is -0.148. The molecule has 0 radical (unpaired) electrons. The van der Waals surface area contributed by atoms with Gasteiger partial charge >= 0.3 is 0 Å². The Kier molecular flexibility index (Phi) is 4.89. The number of nitrogens with zero attached hydrogens (tertiary/aromatic N) is 2. The van der Waals surface area contributed by atoms with Crippen molar-refractivity contribution in [2.24, 2.45) is 11.3 Å². The molecule has 2 amide bonds. The Morgan fingerprint density at radius 1 is 1.23 bits per heavy atom. The van der Waals surface area contributed by atoms with E-state index in [2.05, 4.69) is 6.92 Å². The van der Waals surface area contributed by atoms with Gasteiger partial charge in [0.15, 0.2) is 0 Å². The average Bonchev–Trinajstić information content (AvgIpc) is 2.53. The highest BCUT2D eigenvalue weighted by atomic mass is 16.2. The second-order valence-electron chi connectivity index (χ2n) is 6.82. The second-order valence-corrected chi connectivity index (χ2v) is 6.82. The summed E-state index contributed by atoms with van der Waals surface area (Å²) in [6.45, 7) is 7.14. The molecule has 0 saturated carbocycles. The molecule has 1 fully saturated rings. The number of benzene rings is 1. The van der Waals surface area contributed by atoms with Gasteiger partial charge in [-0.25, -0.2) is 0 Å². The summed E-state index contributed by atoms with van der Waals surface area (Å²) in [5.41, 5.74) is -0.234. The van der Waals surface area contributed by atoms with Crippen LogP contribution in [0.15, 0.2) is 30.3 Å². The van der Waals surface area contributed by atoms with Crippen LogP contribution < -0.4 is 4.90 Å². The van der Waals surface area contributed by atoms with Crippen LogP contribution in [0.5, 0.6) is 0 Å². The Morgan fingerprint density at radius 2 is 1.86 bits per heavy atom. The third-order valence-corrected chi connectivity index (χ3v) is 4.46. The van der Waals surface area contributed by atoms with Crippen molar-refractivity contribution in [2.45, 2.75) is 33.6 Å². The summed E-state index contributed by atoms with van der Waals surface area (Å²) >= 11 is 0. The highest BCUT2D eigenvalue weighted by Gasteiger charge is 2.41. The van der Waals surface area contributed by atoms with Crippen molar-refractivity contribution in [1.29, 1.82) is 0 Å². The van der Waals surface area contributed by atoms with Crippen LogP contribution in [-0.2, 0) is 9.59 Å². The molecule has 2 rings (SSSR count). The molecule has 0 N–H and O–H groups in total. The predicted molar refractivity (Wildman–Crippen MR) is 88.6 cm³/mol. The van der Waals surface area contributed by atoms with Crippen LogP contribution >= 0.6 is 0 Å². The zero-order chi connectivity index (χ0) is 16.3. The van der Waals surface area contributed by atoms with Gasteiger partial charge in [0, 0.05) is 25.8 Å². The van der Waals surface area contributed by atoms with E-state index in [1.165, 1.54) is 0 Å². The molecule has 120 valence electrons. The molecule has 0 aromatic heterocycles. The van der Waals surface area contributed by atoms with E-state index in [9.17, 15) is 9.59 Å². The van der Waals surface area contributed by atoms with E-state index in [0.29, 0.717) is 5.92 Å². The van der Waals surface area contributed by atoms with Gasteiger partial charge in [-0.2, -0.15) is 0 Å². The number of carbonyl (C=O) groups is 2. The van der Waals surface area contributed by atoms with Gasteiger partial charge in [0.05, 0.1) is 0 Å². The molecular weight excluding hydrogens is 276 g/mol. The predicted octanol–water partition coefficient (Wildman–Crippen LogP) is 2.93. The third kappa shape index (κ3) is 3.32. The molecule has 0 bridgehead atoms. The topological polar surface area (TPSA) is 40.6 Å². The number of hydrogen-bond acceptors (Lipinski definition) is 2. The zero-order valence-corrected chi connectivity index (χ0v) is 14.0. The summed E-state index contributed by atoms with van der Waals surface area (Å²) in [6, 6.07) is 9.44. The fourth-order valence-electron chi connectivity index (χ4n) is 3.05. The number of anilines is 1. The van der Waals surface area contributed by atoms with E-state index in [1.54, 1.807) is 25.8 Å². The quantitative estimate of drug-likeness (QED) is 0.806. The number of amides is 2. The van der Waals surface area contributed by atoms with Gasteiger partial charge in [0.1, 0.15) is 5.41 Å². The fraction of sp³-hybridized carbons (Fsp3) is 0.556. The van der Waals surface area contributed by atoms with E-state index >= 15 is 0 Å². The number of likely N-dealkylation sites (tertiary alicyclic amines) is 1. The summed E-state index contributed by atoms with van der Waals surface area (Å²) in [6.07, 6.45) is 2.17. The minimum absolute atomic E-state index is 0.0631. The van der Waals surface area contributed by atoms with Gasteiger partial charge in [-0.15, -0.1) is 0 Å². The van der Waals surface area contributed by atoms with Crippen LogP contribution in [0.3, 0.4) is 0 Å². The minimum Gasteiger partial charge on any atom is -0.342 e. The lowest BCUT2D eigenvalue weighted by Crippen LogP contribution is -2.52. The summed E-state index contributed by atoms with van der Waals surface area (Å²) in [5.74, 6) is 0.282. The lowest BCUT2D eigenvalue weighted by atomic mass is 9.87. The standard InChI is InChI=1S/C18H26N2O2/c1-14-9-8-12-20(13-14)17(22)18(2,3)16(21)19(4)15-10-6-5-7-11-15/h5-7,10-11,14H,8-9,12-13H2,1-4H3. The van der Waals surface area contributed by atoms with E-state index < -0.39 is 5.41 Å². The second kappa shape index (κ2) is 6.51. The van der Waals surface area contributed by atoms with Crippen LogP contribution in [0, 0.1) is 11.3 Å². The van der Waals surface area contributed by atoms with Gasteiger partial charge < -0.3 is 9.80 Å². The molecule has 1 unspecified atom stereocenters. The van der Waals surface area contributed by atoms with Crippen molar-refractivity contribution in [3.63, 3.8) is 0 Å². The van der Waals surface area contributed by atoms with E-state index in [1.807, 2.05) is 35.2 Å². The van der Waals surface area contributed by atoms with Crippen LogP contribution in [0.1, 0.15) is 33.6 Å². The first-order valence-corrected chi connectivity index (χ1v) is 7.96. The van der Waals surface area contributed by atoms with Gasteiger partial charge in [-0.05, 0) is 44.7 Å². The van der Waals surface area contributed by atoms with Crippen molar-refractivity contribution < 1.29 is 9.59 Å². The van der Waals surface area contributed by atoms with Gasteiger partial charge in [-0.3, -0.25) is 9.59 Å². The maximum atomic E-state index is 12.8. The number of piperidine rings is 1. The Labute approximate surface area is 133 Å². The number of rotatable bonds is 3. The number of carbonyl (C=O) groups excluding carboxylic acids is 2. The van der Waals surface area contributed by atoms with Crippen molar-refractivity contribution in [3.8, 4) is 0 Å². The third-order valence-electron chi connectivity index (χ3n) is 4.46. The molecule has 1 aromatic rings. The minimum atomic E-state index is -1.04. The van der Waals surface area contributed by atoms with E-state index in [4.69, 9.17) is 0 Å². The normalized spacial score (nSPS) is 18.9. The summed E-state index contributed by atoms with van der Waals surface area (Å²) in [4.78, 5) is 29.1. The Bertz CT molecular complexity index is 539. The van der Waals surface area contributed by atoms with Crippen molar-refractivity contribution in [3.05, 3.63) is 30.3 Å². The first-order chi connectivity index (χ1) is 10.3. The van der Waals surface area contributed by atoms with Crippen LogP contribution in [0.2, 0.25) is 0 Å². The van der Waals surface area contributed by atoms with Crippen molar-refractivity contribution in [2.75, 3.05) is 25.0 Å². The number of hydrogen-bond donors (Lipinski definition) is 0. The molecule has 22 heavy (non-hydrogen) atoms. The van der Waals surface area contributed by atoms with Gasteiger partial charge in [0.2, 0.25) is 11.8 Å². The lowest BCUT2D eigenvalue weighted by Gasteiger charge is -2.37. The Balaban J connectivity index is 2.14. The van der Waals surface area contributed by atoms with Gasteiger partial charge in [-0.1, -0.05) is 25.1 Å². The highest BCUT2D eigenvalue weighted by Crippen LogP contribution is 2.27. The first-order valence-electron chi connectivity index (χ1n) is 7.96.